The molecule has 0 aromatic carbocycles. The van der Waals surface area contributed by atoms with E-state index >= 15 is 0 Å². The SMILES string of the molecule is Nc1nc(NC23CC4CC(CC(C4)C2)C3)n[nH]1. The molecule has 4 aliphatic carbocycles. The van der Waals surface area contributed by atoms with Crippen molar-refractivity contribution >= 4 is 11.9 Å². The van der Waals surface area contributed by atoms with Crippen LogP contribution in [0.4, 0.5) is 11.9 Å². The Hall–Kier alpha value is -1.26. The summed E-state index contributed by atoms with van der Waals surface area (Å²) in [4.78, 5) is 4.19. The van der Waals surface area contributed by atoms with Crippen molar-refractivity contribution < 1.29 is 0 Å². The van der Waals surface area contributed by atoms with Crippen LogP contribution in [-0.4, -0.2) is 20.7 Å². The second-order valence-electron chi connectivity index (χ2n) is 6.37. The van der Waals surface area contributed by atoms with E-state index in [1.54, 1.807) is 0 Å². The monoisotopic (exact) mass is 233 g/mol. The number of aromatic amines is 1. The highest BCUT2D eigenvalue weighted by atomic mass is 15.3. The molecule has 0 amide bonds. The van der Waals surface area contributed by atoms with Gasteiger partial charge in [0.15, 0.2) is 0 Å². The first-order valence-electron chi connectivity index (χ1n) is 6.67. The minimum Gasteiger partial charge on any atom is -0.368 e. The number of nitrogens with zero attached hydrogens (tertiary/aromatic N) is 2. The van der Waals surface area contributed by atoms with Crippen molar-refractivity contribution in [2.24, 2.45) is 17.8 Å². The summed E-state index contributed by atoms with van der Waals surface area (Å²) in [6.45, 7) is 0. The summed E-state index contributed by atoms with van der Waals surface area (Å²) in [5.74, 6) is 3.89. The van der Waals surface area contributed by atoms with Gasteiger partial charge in [-0.3, -0.25) is 0 Å². The Balaban J connectivity index is 1.60. The zero-order valence-electron chi connectivity index (χ0n) is 9.95. The maximum absolute atomic E-state index is 5.58. The van der Waals surface area contributed by atoms with E-state index in [4.69, 9.17) is 5.73 Å². The van der Waals surface area contributed by atoms with E-state index in [1.165, 1.54) is 38.5 Å². The van der Waals surface area contributed by atoms with Gasteiger partial charge in [-0.2, -0.15) is 4.98 Å². The normalized spacial score (nSPS) is 42.9. The quantitative estimate of drug-likeness (QED) is 0.727. The maximum Gasteiger partial charge on any atom is 0.244 e. The Morgan fingerprint density at radius 2 is 1.71 bits per heavy atom. The van der Waals surface area contributed by atoms with E-state index in [0.29, 0.717) is 11.9 Å². The molecule has 4 N–H and O–H groups in total. The number of hydrogen-bond donors (Lipinski definition) is 3. The number of anilines is 2. The predicted molar refractivity (Wildman–Crippen MR) is 65.3 cm³/mol. The molecule has 0 saturated heterocycles. The Bertz CT molecular complexity index is 403. The lowest BCUT2D eigenvalue weighted by Gasteiger charge is -2.56. The van der Waals surface area contributed by atoms with Crippen LogP contribution in [0, 0.1) is 17.8 Å². The van der Waals surface area contributed by atoms with Crippen LogP contribution in [-0.2, 0) is 0 Å². The van der Waals surface area contributed by atoms with Crippen molar-refractivity contribution in [2.45, 2.75) is 44.1 Å². The molecule has 0 radical (unpaired) electrons. The maximum atomic E-state index is 5.58. The lowest BCUT2D eigenvalue weighted by molar-refractivity contribution is 0.0104. The van der Waals surface area contributed by atoms with E-state index in [9.17, 15) is 0 Å². The van der Waals surface area contributed by atoms with Gasteiger partial charge in [0.25, 0.3) is 0 Å². The van der Waals surface area contributed by atoms with Crippen LogP contribution in [0.25, 0.3) is 0 Å². The summed E-state index contributed by atoms with van der Waals surface area (Å²) in [6.07, 6.45) is 8.26. The van der Waals surface area contributed by atoms with Gasteiger partial charge in [0, 0.05) is 5.54 Å². The van der Waals surface area contributed by atoms with Crippen LogP contribution in [0.3, 0.4) is 0 Å². The fraction of sp³-hybridized carbons (Fsp3) is 0.833. The highest BCUT2D eigenvalue weighted by Crippen LogP contribution is 2.56. The standard InChI is InChI=1S/C12H19N5/c13-10-14-11(17-16-10)15-12-4-7-1-8(5-12)3-9(2-7)6-12/h7-9H,1-6H2,(H4,13,14,15,16,17). The van der Waals surface area contributed by atoms with E-state index in [1.807, 2.05) is 0 Å². The fourth-order valence-corrected chi connectivity index (χ4v) is 4.83. The molecule has 0 spiro atoms. The highest BCUT2D eigenvalue weighted by molar-refractivity contribution is 5.35. The molecule has 1 aromatic rings. The molecule has 4 bridgehead atoms. The molecule has 5 rings (SSSR count). The molecule has 1 aromatic heterocycles. The van der Waals surface area contributed by atoms with E-state index in [0.717, 1.165) is 17.8 Å². The summed E-state index contributed by atoms with van der Waals surface area (Å²) in [5, 5.41) is 10.4. The molecule has 92 valence electrons. The molecule has 4 fully saturated rings. The van der Waals surface area contributed by atoms with Gasteiger partial charge in [-0.15, -0.1) is 5.10 Å². The Labute approximate surface area is 101 Å². The topological polar surface area (TPSA) is 79.6 Å². The molecular formula is C12H19N5. The van der Waals surface area contributed by atoms with Gasteiger partial charge in [0.1, 0.15) is 0 Å². The Kier molecular flexibility index (Phi) is 1.80. The summed E-state index contributed by atoms with van der Waals surface area (Å²) < 4.78 is 0. The molecule has 5 heteroatoms. The van der Waals surface area contributed by atoms with Crippen molar-refractivity contribution in [2.75, 3.05) is 11.1 Å². The number of rotatable bonds is 2. The second kappa shape index (κ2) is 3.15. The third-order valence-corrected chi connectivity index (χ3v) is 4.92. The fourth-order valence-electron chi connectivity index (χ4n) is 4.83. The van der Waals surface area contributed by atoms with Crippen LogP contribution >= 0.6 is 0 Å². The summed E-state index contributed by atoms with van der Waals surface area (Å²) >= 11 is 0. The first kappa shape index (κ1) is 9.74. The van der Waals surface area contributed by atoms with Crippen molar-refractivity contribution in [3.05, 3.63) is 0 Å². The number of hydrogen-bond acceptors (Lipinski definition) is 4. The van der Waals surface area contributed by atoms with Crippen LogP contribution in [0.15, 0.2) is 0 Å². The minimum atomic E-state index is 0.267. The summed E-state index contributed by atoms with van der Waals surface area (Å²) in [7, 11) is 0. The summed E-state index contributed by atoms with van der Waals surface area (Å²) in [6, 6.07) is 0. The Morgan fingerprint density at radius 1 is 1.12 bits per heavy atom. The third kappa shape index (κ3) is 1.51. The smallest absolute Gasteiger partial charge is 0.244 e. The van der Waals surface area contributed by atoms with Crippen LogP contribution in [0.5, 0.6) is 0 Å². The van der Waals surface area contributed by atoms with Crippen molar-refractivity contribution in [1.29, 1.82) is 0 Å². The Morgan fingerprint density at radius 3 is 2.18 bits per heavy atom. The number of aromatic nitrogens is 3. The van der Waals surface area contributed by atoms with Crippen LogP contribution in [0.2, 0.25) is 0 Å². The second-order valence-corrected chi connectivity index (χ2v) is 6.37. The first-order valence-corrected chi connectivity index (χ1v) is 6.67. The molecule has 0 aliphatic heterocycles. The van der Waals surface area contributed by atoms with E-state index in [2.05, 4.69) is 20.5 Å². The molecule has 0 unspecified atom stereocenters. The average Bonchev–Trinajstić information content (AvgIpc) is 2.60. The lowest BCUT2D eigenvalue weighted by Crippen LogP contribution is -2.54. The number of H-pyrrole nitrogens is 1. The molecule has 0 atom stereocenters. The first-order chi connectivity index (χ1) is 8.21. The number of nitrogens with one attached hydrogen (secondary N) is 2. The number of nitrogen functional groups attached to an aromatic ring is 1. The molecule has 5 nitrogen and oxygen atoms in total. The molecular weight excluding hydrogens is 214 g/mol. The third-order valence-electron chi connectivity index (χ3n) is 4.92. The van der Waals surface area contributed by atoms with Gasteiger partial charge in [-0.1, -0.05) is 0 Å². The highest BCUT2D eigenvalue weighted by Gasteiger charge is 2.51. The summed E-state index contributed by atoms with van der Waals surface area (Å²) in [5.41, 5.74) is 5.84. The van der Waals surface area contributed by atoms with Gasteiger partial charge < -0.3 is 11.1 Å². The molecule has 17 heavy (non-hydrogen) atoms. The molecule has 1 heterocycles. The van der Waals surface area contributed by atoms with Gasteiger partial charge in [-0.05, 0) is 56.3 Å². The van der Waals surface area contributed by atoms with E-state index < -0.39 is 0 Å². The largest absolute Gasteiger partial charge is 0.368 e. The van der Waals surface area contributed by atoms with Gasteiger partial charge >= 0.3 is 0 Å². The van der Waals surface area contributed by atoms with Gasteiger partial charge in [0.2, 0.25) is 11.9 Å². The van der Waals surface area contributed by atoms with Gasteiger partial charge in [-0.25, -0.2) is 5.10 Å². The minimum absolute atomic E-state index is 0.267. The molecule has 4 aliphatic rings. The average molecular weight is 233 g/mol. The van der Waals surface area contributed by atoms with Crippen LogP contribution < -0.4 is 11.1 Å². The molecule has 4 saturated carbocycles. The number of nitrogens with two attached hydrogens (primary N) is 1. The van der Waals surface area contributed by atoms with Crippen molar-refractivity contribution in [1.82, 2.24) is 15.2 Å². The van der Waals surface area contributed by atoms with Crippen molar-refractivity contribution in [3.8, 4) is 0 Å². The van der Waals surface area contributed by atoms with E-state index in [-0.39, 0.29) is 5.54 Å². The van der Waals surface area contributed by atoms with Crippen molar-refractivity contribution in [3.63, 3.8) is 0 Å². The van der Waals surface area contributed by atoms with Gasteiger partial charge in [0.05, 0.1) is 0 Å². The van der Waals surface area contributed by atoms with Crippen LogP contribution in [0.1, 0.15) is 38.5 Å². The zero-order valence-corrected chi connectivity index (χ0v) is 9.95. The predicted octanol–water partition coefficient (Wildman–Crippen LogP) is 1.77. The lowest BCUT2D eigenvalue weighted by atomic mass is 9.53. The zero-order chi connectivity index (χ0) is 11.5.